The van der Waals surface area contributed by atoms with Crippen molar-refractivity contribution in [1.82, 2.24) is 10.2 Å². The molecule has 112 valence electrons. The lowest BCUT2D eigenvalue weighted by molar-refractivity contribution is 0.184. The SMILES string of the molecule is CNC(CCN(C)C1CCCCC1)c1cccc(F)c1. The highest BCUT2D eigenvalue weighted by Crippen LogP contribution is 2.23. The Kier molecular flexibility index (Phi) is 5.99. The van der Waals surface area contributed by atoms with Gasteiger partial charge in [0.15, 0.2) is 0 Å². The van der Waals surface area contributed by atoms with Crippen molar-refractivity contribution in [2.75, 3.05) is 20.6 Å². The van der Waals surface area contributed by atoms with Gasteiger partial charge in [-0.1, -0.05) is 31.4 Å². The molecule has 3 heteroatoms. The van der Waals surface area contributed by atoms with E-state index in [2.05, 4.69) is 17.3 Å². The Hall–Kier alpha value is -0.930. The minimum Gasteiger partial charge on any atom is -0.313 e. The van der Waals surface area contributed by atoms with Crippen LogP contribution in [0.2, 0.25) is 0 Å². The molecule has 1 aliphatic carbocycles. The summed E-state index contributed by atoms with van der Waals surface area (Å²) in [6.45, 7) is 1.06. The van der Waals surface area contributed by atoms with Crippen LogP contribution >= 0.6 is 0 Å². The van der Waals surface area contributed by atoms with E-state index in [1.54, 1.807) is 12.1 Å². The Morgan fingerprint density at radius 3 is 2.70 bits per heavy atom. The molecule has 2 nitrogen and oxygen atoms in total. The summed E-state index contributed by atoms with van der Waals surface area (Å²) in [7, 11) is 4.18. The van der Waals surface area contributed by atoms with Crippen molar-refractivity contribution in [3.05, 3.63) is 35.6 Å². The predicted molar refractivity (Wildman–Crippen MR) is 82.3 cm³/mol. The summed E-state index contributed by atoms with van der Waals surface area (Å²) in [5, 5.41) is 3.31. The second-order valence-corrected chi connectivity index (χ2v) is 5.96. The Morgan fingerprint density at radius 2 is 2.05 bits per heavy atom. The molecule has 1 N–H and O–H groups in total. The van der Waals surface area contributed by atoms with Crippen molar-refractivity contribution < 1.29 is 4.39 Å². The molecule has 0 aliphatic heterocycles. The molecular formula is C17H27FN2. The lowest BCUT2D eigenvalue weighted by Gasteiger charge is -2.32. The maximum Gasteiger partial charge on any atom is 0.123 e. The summed E-state index contributed by atoms with van der Waals surface area (Å²) in [5.41, 5.74) is 1.05. The molecule has 1 unspecified atom stereocenters. The molecule has 1 aromatic rings. The van der Waals surface area contributed by atoms with Gasteiger partial charge in [-0.3, -0.25) is 0 Å². The summed E-state index contributed by atoms with van der Waals surface area (Å²) in [4.78, 5) is 2.49. The summed E-state index contributed by atoms with van der Waals surface area (Å²) < 4.78 is 13.3. The van der Waals surface area contributed by atoms with Crippen molar-refractivity contribution in [1.29, 1.82) is 0 Å². The fraction of sp³-hybridized carbons (Fsp3) is 0.647. The lowest BCUT2D eigenvalue weighted by Crippen LogP contribution is -2.35. The van der Waals surface area contributed by atoms with E-state index in [1.165, 1.54) is 38.2 Å². The zero-order valence-electron chi connectivity index (χ0n) is 12.7. The first-order valence-corrected chi connectivity index (χ1v) is 7.83. The highest BCUT2D eigenvalue weighted by molar-refractivity contribution is 5.20. The lowest BCUT2D eigenvalue weighted by atomic mass is 9.94. The smallest absolute Gasteiger partial charge is 0.123 e. The van der Waals surface area contributed by atoms with E-state index in [0.717, 1.165) is 24.6 Å². The van der Waals surface area contributed by atoms with Gasteiger partial charge in [-0.25, -0.2) is 4.39 Å². The number of benzene rings is 1. The average molecular weight is 278 g/mol. The molecule has 0 radical (unpaired) electrons. The quantitative estimate of drug-likeness (QED) is 0.852. The van der Waals surface area contributed by atoms with Crippen LogP contribution in [0.4, 0.5) is 4.39 Å². The zero-order valence-corrected chi connectivity index (χ0v) is 12.7. The van der Waals surface area contributed by atoms with Crippen LogP contribution in [0.15, 0.2) is 24.3 Å². The van der Waals surface area contributed by atoms with Crippen LogP contribution in [-0.2, 0) is 0 Å². The molecule has 1 atom stereocenters. The van der Waals surface area contributed by atoms with E-state index < -0.39 is 0 Å². The molecule has 0 aromatic heterocycles. The largest absolute Gasteiger partial charge is 0.313 e. The van der Waals surface area contributed by atoms with Gasteiger partial charge in [0, 0.05) is 12.1 Å². The molecule has 0 spiro atoms. The molecule has 0 bridgehead atoms. The Morgan fingerprint density at radius 1 is 1.30 bits per heavy atom. The van der Waals surface area contributed by atoms with Crippen molar-refractivity contribution >= 4 is 0 Å². The number of halogens is 1. The fourth-order valence-corrected chi connectivity index (χ4v) is 3.24. The number of nitrogens with one attached hydrogen (secondary N) is 1. The number of hydrogen-bond acceptors (Lipinski definition) is 2. The molecule has 1 fully saturated rings. The first-order chi connectivity index (χ1) is 9.70. The molecule has 2 rings (SSSR count). The van der Waals surface area contributed by atoms with Crippen LogP contribution < -0.4 is 5.32 Å². The molecule has 1 aromatic carbocycles. The summed E-state index contributed by atoms with van der Waals surface area (Å²) in [6, 6.07) is 7.92. The van der Waals surface area contributed by atoms with Gasteiger partial charge in [0.1, 0.15) is 5.82 Å². The highest BCUT2D eigenvalue weighted by atomic mass is 19.1. The van der Waals surface area contributed by atoms with Gasteiger partial charge in [0.2, 0.25) is 0 Å². The zero-order chi connectivity index (χ0) is 14.4. The first kappa shape index (κ1) is 15.5. The molecule has 0 heterocycles. The normalized spacial score (nSPS) is 18.4. The molecule has 0 amide bonds. The Labute approximate surface area is 122 Å². The van der Waals surface area contributed by atoms with Gasteiger partial charge < -0.3 is 10.2 Å². The standard InChI is InChI=1S/C17H27FN2/c1-19-17(14-7-6-8-15(18)13-14)11-12-20(2)16-9-4-3-5-10-16/h6-8,13,16-17,19H,3-5,9-12H2,1-2H3. The van der Waals surface area contributed by atoms with Crippen LogP contribution in [0.1, 0.15) is 50.1 Å². The van der Waals surface area contributed by atoms with Gasteiger partial charge in [-0.15, -0.1) is 0 Å². The van der Waals surface area contributed by atoms with Crippen LogP contribution in [-0.4, -0.2) is 31.6 Å². The van der Waals surface area contributed by atoms with Crippen molar-refractivity contribution in [3.63, 3.8) is 0 Å². The molecule has 0 saturated heterocycles. The molecule has 20 heavy (non-hydrogen) atoms. The first-order valence-electron chi connectivity index (χ1n) is 7.83. The molecular weight excluding hydrogens is 251 g/mol. The molecule has 1 saturated carbocycles. The second-order valence-electron chi connectivity index (χ2n) is 5.96. The van der Waals surface area contributed by atoms with Crippen LogP contribution in [0.5, 0.6) is 0 Å². The Balaban J connectivity index is 1.87. The van der Waals surface area contributed by atoms with Gasteiger partial charge in [-0.05, 0) is 57.6 Å². The maximum atomic E-state index is 13.3. The fourth-order valence-electron chi connectivity index (χ4n) is 3.24. The van der Waals surface area contributed by atoms with E-state index in [9.17, 15) is 4.39 Å². The van der Waals surface area contributed by atoms with E-state index >= 15 is 0 Å². The van der Waals surface area contributed by atoms with E-state index in [-0.39, 0.29) is 11.9 Å². The Bertz CT molecular complexity index is 402. The third-order valence-electron chi connectivity index (χ3n) is 4.57. The van der Waals surface area contributed by atoms with Gasteiger partial charge in [-0.2, -0.15) is 0 Å². The summed E-state index contributed by atoms with van der Waals surface area (Å²) >= 11 is 0. The monoisotopic (exact) mass is 278 g/mol. The third-order valence-corrected chi connectivity index (χ3v) is 4.57. The molecule has 1 aliphatic rings. The minimum absolute atomic E-state index is 0.150. The predicted octanol–water partition coefficient (Wildman–Crippen LogP) is 3.74. The average Bonchev–Trinajstić information content (AvgIpc) is 2.48. The van der Waals surface area contributed by atoms with Crippen molar-refractivity contribution in [2.24, 2.45) is 0 Å². The third kappa shape index (κ3) is 4.29. The number of nitrogens with zero attached hydrogens (tertiary/aromatic N) is 1. The minimum atomic E-state index is -0.150. The van der Waals surface area contributed by atoms with E-state index in [4.69, 9.17) is 0 Å². The topological polar surface area (TPSA) is 15.3 Å². The van der Waals surface area contributed by atoms with Gasteiger partial charge in [0.25, 0.3) is 0 Å². The van der Waals surface area contributed by atoms with Crippen LogP contribution in [0.25, 0.3) is 0 Å². The number of hydrogen-bond donors (Lipinski definition) is 1. The maximum absolute atomic E-state index is 13.3. The van der Waals surface area contributed by atoms with Gasteiger partial charge in [0.05, 0.1) is 0 Å². The van der Waals surface area contributed by atoms with Gasteiger partial charge >= 0.3 is 0 Å². The summed E-state index contributed by atoms with van der Waals surface area (Å²) in [5.74, 6) is -0.150. The summed E-state index contributed by atoms with van der Waals surface area (Å²) in [6.07, 6.45) is 7.82. The highest BCUT2D eigenvalue weighted by Gasteiger charge is 2.19. The van der Waals surface area contributed by atoms with Crippen molar-refractivity contribution in [2.45, 2.75) is 50.6 Å². The number of rotatable bonds is 6. The van der Waals surface area contributed by atoms with E-state index in [0.29, 0.717) is 0 Å². The van der Waals surface area contributed by atoms with E-state index in [1.807, 2.05) is 13.1 Å². The second kappa shape index (κ2) is 7.75. The van der Waals surface area contributed by atoms with Crippen molar-refractivity contribution in [3.8, 4) is 0 Å². The van der Waals surface area contributed by atoms with Crippen LogP contribution in [0.3, 0.4) is 0 Å². The van der Waals surface area contributed by atoms with Crippen LogP contribution in [0, 0.1) is 5.82 Å².